The van der Waals surface area contributed by atoms with Crippen LogP contribution < -0.4 is 5.73 Å². The highest BCUT2D eigenvalue weighted by Gasteiger charge is 2.22. The molecule has 1 saturated heterocycles. The number of hydrogen-bond donors (Lipinski definition) is 1. The number of rotatable bonds is 2. The van der Waals surface area contributed by atoms with E-state index in [1.54, 1.807) is 11.3 Å². The number of thioether (sulfide) groups is 1. The average Bonchev–Trinajstić information content (AvgIpc) is 2.71. The van der Waals surface area contributed by atoms with Gasteiger partial charge in [-0.05, 0) is 30.0 Å². The molecule has 1 aliphatic heterocycles. The van der Waals surface area contributed by atoms with E-state index in [1.807, 2.05) is 0 Å². The standard InChI is InChI=1S/C10H15NS2/c11-10(9-5-3-7-13-9)8-4-1-2-6-12-8/h3,5,7-8,10H,1-2,4,6,11H2. The van der Waals surface area contributed by atoms with E-state index in [-0.39, 0.29) is 6.04 Å². The van der Waals surface area contributed by atoms with Crippen LogP contribution in [0.4, 0.5) is 0 Å². The van der Waals surface area contributed by atoms with Crippen LogP contribution in [0.2, 0.25) is 0 Å². The first-order valence-corrected chi connectivity index (χ1v) is 6.71. The Morgan fingerprint density at radius 1 is 1.46 bits per heavy atom. The third-order valence-corrected chi connectivity index (χ3v) is 4.94. The molecule has 0 aromatic carbocycles. The highest BCUT2D eigenvalue weighted by atomic mass is 32.2. The predicted octanol–water partition coefficient (Wildman–Crippen LogP) is 3.03. The lowest BCUT2D eigenvalue weighted by Crippen LogP contribution is -2.25. The molecule has 0 aliphatic carbocycles. The van der Waals surface area contributed by atoms with Crippen molar-refractivity contribution in [1.82, 2.24) is 0 Å². The van der Waals surface area contributed by atoms with Crippen LogP contribution in [0, 0.1) is 0 Å². The van der Waals surface area contributed by atoms with Gasteiger partial charge in [-0.25, -0.2) is 0 Å². The van der Waals surface area contributed by atoms with Crippen LogP contribution in [0.3, 0.4) is 0 Å². The molecule has 0 saturated carbocycles. The minimum absolute atomic E-state index is 0.269. The van der Waals surface area contributed by atoms with Gasteiger partial charge in [0.1, 0.15) is 0 Å². The Morgan fingerprint density at radius 3 is 3.00 bits per heavy atom. The van der Waals surface area contributed by atoms with Gasteiger partial charge < -0.3 is 5.73 Å². The smallest absolute Gasteiger partial charge is 0.0510 e. The fourth-order valence-corrected chi connectivity index (χ4v) is 3.95. The van der Waals surface area contributed by atoms with Crippen LogP contribution in [0.5, 0.6) is 0 Å². The van der Waals surface area contributed by atoms with Crippen molar-refractivity contribution in [3.05, 3.63) is 22.4 Å². The van der Waals surface area contributed by atoms with Crippen molar-refractivity contribution in [1.29, 1.82) is 0 Å². The molecule has 1 aromatic heterocycles. The van der Waals surface area contributed by atoms with Crippen molar-refractivity contribution in [2.24, 2.45) is 5.73 Å². The average molecular weight is 213 g/mol. The monoisotopic (exact) mass is 213 g/mol. The topological polar surface area (TPSA) is 26.0 Å². The van der Waals surface area contributed by atoms with E-state index in [4.69, 9.17) is 5.73 Å². The molecule has 1 fully saturated rings. The van der Waals surface area contributed by atoms with E-state index in [0.717, 1.165) is 0 Å². The van der Waals surface area contributed by atoms with Gasteiger partial charge in [0.25, 0.3) is 0 Å². The quantitative estimate of drug-likeness (QED) is 0.817. The minimum atomic E-state index is 0.269. The minimum Gasteiger partial charge on any atom is -0.322 e. The number of thiophene rings is 1. The lowest BCUT2D eigenvalue weighted by molar-refractivity contribution is 0.588. The summed E-state index contributed by atoms with van der Waals surface area (Å²) in [5.74, 6) is 1.30. The molecule has 13 heavy (non-hydrogen) atoms. The SMILES string of the molecule is NC(c1cccs1)C1CCCCS1. The second-order valence-corrected chi connectivity index (χ2v) is 5.77. The largest absolute Gasteiger partial charge is 0.322 e. The molecule has 1 aliphatic rings. The molecule has 2 N–H and O–H groups in total. The summed E-state index contributed by atoms with van der Waals surface area (Å²) in [5.41, 5.74) is 6.20. The molecule has 3 heteroatoms. The van der Waals surface area contributed by atoms with Crippen LogP contribution in [0.15, 0.2) is 17.5 Å². The third-order valence-electron chi connectivity index (χ3n) is 2.49. The van der Waals surface area contributed by atoms with Crippen molar-refractivity contribution in [3.63, 3.8) is 0 Å². The lowest BCUT2D eigenvalue weighted by Gasteiger charge is -2.26. The number of hydrogen-bond acceptors (Lipinski definition) is 3. The Kier molecular flexibility index (Phi) is 3.30. The Bertz CT molecular complexity index is 239. The van der Waals surface area contributed by atoms with Crippen LogP contribution in [-0.2, 0) is 0 Å². The fourth-order valence-electron chi connectivity index (χ4n) is 1.71. The van der Waals surface area contributed by atoms with Crippen LogP contribution in [-0.4, -0.2) is 11.0 Å². The Labute approximate surface area is 87.7 Å². The zero-order chi connectivity index (χ0) is 9.10. The Hall–Kier alpha value is 0.01000. The molecule has 0 radical (unpaired) electrons. The third kappa shape index (κ3) is 2.27. The maximum absolute atomic E-state index is 6.20. The summed E-state index contributed by atoms with van der Waals surface area (Å²) in [6.07, 6.45) is 4.03. The lowest BCUT2D eigenvalue weighted by atomic mass is 10.1. The highest BCUT2D eigenvalue weighted by Crippen LogP contribution is 2.34. The zero-order valence-electron chi connectivity index (χ0n) is 7.61. The number of nitrogens with two attached hydrogens (primary N) is 1. The molecule has 2 rings (SSSR count). The molecular formula is C10H15NS2. The maximum atomic E-state index is 6.20. The summed E-state index contributed by atoms with van der Waals surface area (Å²) >= 11 is 3.84. The molecule has 2 heterocycles. The van der Waals surface area contributed by atoms with Crippen LogP contribution >= 0.6 is 23.1 Å². The van der Waals surface area contributed by atoms with Gasteiger partial charge in [-0.3, -0.25) is 0 Å². The molecular weight excluding hydrogens is 198 g/mol. The van der Waals surface area contributed by atoms with Crippen LogP contribution in [0.1, 0.15) is 30.2 Å². The second-order valence-electron chi connectivity index (χ2n) is 3.45. The van der Waals surface area contributed by atoms with Gasteiger partial charge in [-0.2, -0.15) is 11.8 Å². The molecule has 72 valence electrons. The first kappa shape index (κ1) is 9.56. The summed E-state index contributed by atoms with van der Waals surface area (Å²) < 4.78 is 0. The van der Waals surface area contributed by atoms with E-state index in [2.05, 4.69) is 29.3 Å². The fraction of sp³-hybridized carbons (Fsp3) is 0.600. The van der Waals surface area contributed by atoms with Crippen molar-refractivity contribution in [3.8, 4) is 0 Å². The summed E-state index contributed by atoms with van der Waals surface area (Å²) in [7, 11) is 0. The molecule has 1 aromatic rings. The molecule has 2 unspecified atom stereocenters. The van der Waals surface area contributed by atoms with Gasteiger partial charge in [-0.15, -0.1) is 11.3 Å². The van der Waals surface area contributed by atoms with Crippen molar-refractivity contribution in [2.75, 3.05) is 5.75 Å². The van der Waals surface area contributed by atoms with Gasteiger partial charge in [0.2, 0.25) is 0 Å². The van der Waals surface area contributed by atoms with E-state index in [0.29, 0.717) is 5.25 Å². The van der Waals surface area contributed by atoms with E-state index in [1.165, 1.54) is 29.9 Å². The van der Waals surface area contributed by atoms with Gasteiger partial charge in [0, 0.05) is 10.1 Å². The summed E-state index contributed by atoms with van der Waals surface area (Å²) in [5, 5.41) is 2.77. The summed E-state index contributed by atoms with van der Waals surface area (Å²) in [4.78, 5) is 1.35. The molecule has 1 nitrogen and oxygen atoms in total. The normalized spacial score (nSPS) is 25.8. The Balaban J connectivity index is 1.99. The highest BCUT2D eigenvalue weighted by molar-refractivity contribution is 8.00. The molecule has 0 amide bonds. The van der Waals surface area contributed by atoms with Gasteiger partial charge >= 0.3 is 0 Å². The van der Waals surface area contributed by atoms with E-state index >= 15 is 0 Å². The second kappa shape index (κ2) is 4.49. The maximum Gasteiger partial charge on any atom is 0.0510 e. The first-order valence-electron chi connectivity index (χ1n) is 4.78. The Morgan fingerprint density at radius 2 is 2.38 bits per heavy atom. The molecule has 0 spiro atoms. The molecule has 2 atom stereocenters. The van der Waals surface area contributed by atoms with E-state index < -0.39 is 0 Å². The summed E-state index contributed by atoms with van der Waals surface area (Å²) in [6.45, 7) is 0. The van der Waals surface area contributed by atoms with Gasteiger partial charge in [0.15, 0.2) is 0 Å². The van der Waals surface area contributed by atoms with Crippen molar-refractivity contribution < 1.29 is 0 Å². The van der Waals surface area contributed by atoms with Crippen molar-refractivity contribution >= 4 is 23.1 Å². The predicted molar refractivity (Wildman–Crippen MR) is 61.3 cm³/mol. The van der Waals surface area contributed by atoms with Crippen LogP contribution in [0.25, 0.3) is 0 Å². The molecule has 0 bridgehead atoms. The van der Waals surface area contributed by atoms with Gasteiger partial charge in [-0.1, -0.05) is 12.5 Å². The van der Waals surface area contributed by atoms with E-state index in [9.17, 15) is 0 Å². The van der Waals surface area contributed by atoms with Gasteiger partial charge in [0.05, 0.1) is 6.04 Å². The van der Waals surface area contributed by atoms with Crippen molar-refractivity contribution in [2.45, 2.75) is 30.6 Å². The summed E-state index contributed by atoms with van der Waals surface area (Å²) in [6, 6.07) is 4.52. The zero-order valence-corrected chi connectivity index (χ0v) is 9.24. The first-order chi connectivity index (χ1) is 6.38.